The van der Waals surface area contributed by atoms with Crippen LogP contribution < -0.4 is 5.32 Å². The molecule has 0 aliphatic carbocycles. The van der Waals surface area contributed by atoms with Gasteiger partial charge in [-0.15, -0.1) is 0 Å². The molecule has 0 saturated carbocycles. The second-order valence-electron chi connectivity index (χ2n) is 6.93. The number of para-hydroxylation sites is 1. The number of nitrogens with zero attached hydrogens (tertiary/aromatic N) is 2. The molecule has 0 bridgehead atoms. The molecule has 30 heavy (non-hydrogen) atoms. The molecule has 2 amide bonds. The summed E-state index contributed by atoms with van der Waals surface area (Å²) in [4.78, 5) is 38.3. The van der Waals surface area contributed by atoms with Crippen LogP contribution in [0.4, 0.5) is 5.69 Å². The maximum Gasteiger partial charge on any atom is 0.273 e. The number of hydrogen-bond acceptors (Lipinski definition) is 4. The molecular weight excluding hydrogens is 406 g/mol. The molecular formula is C22H26ClN3O4. The van der Waals surface area contributed by atoms with Crippen molar-refractivity contribution in [1.82, 2.24) is 10.2 Å². The van der Waals surface area contributed by atoms with Crippen molar-refractivity contribution in [3.63, 3.8) is 0 Å². The van der Waals surface area contributed by atoms with Crippen LogP contribution in [-0.2, 0) is 22.6 Å². The third-order valence-electron chi connectivity index (χ3n) is 4.73. The molecule has 160 valence electrons. The van der Waals surface area contributed by atoms with Crippen LogP contribution in [0, 0.1) is 10.1 Å². The first-order valence-electron chi connectivity index (χ1n) is 9.91. The molecule has 2 aromatic carbocycles. The highest BCUT2D eigenvalue weighted by Crippen LogP contribution is 2.21. The monoisotopic (exact) mass is 431 g/mol. The number of amides is 2. The van der Waals surface area contributed by atoms with E-state index in [1.165, 1.54) is 11.0 Å². The number of carbonyl (C=O) groups excluding carboxylic acids is 2. The first-order valence-corrected chi connectivity index (χ1v) is 10.3. The average molecular weight is 432 g/mol. The van der Waals surface area contributed by atoms with Crippen LogP contribution in [0.3, 0.4) is 0 Å². The van der Waals surface area contributed by atoms with Crippen LogP contribution in [0.2, 0.25) is 5.02 Å². The van der Waals surface area contributed by atoms with Crippen LogP contribution in [0.15, 0.2) is 48.5 Å². The van der Waals surface area contributed by atoms with Crippen molar-refractivity contribution < 1.29 is 14.5 Å². The number of benzene rings is 2. The van der Waals surface area contributed by atoms with Crippen molar-refractivity contribution >= 4 is 29.1 Å². The van der Waals surface area contributed by atoms with Gasteiger partial charge in [-0.2, -0.15) is 0 Å². The summed E-state index contributed by atoms with van der Waals surface area (Å²) in [6, 6.07) is 12.5. The van der Waals surface area contributed by atoms with Gasteiger partial charge in [0.2, 0.25) is 11.8 Å². The van der Waals surface area contributed by atoms with Gasteiger partial charge in [0.05, 0.1) is 11.3 Å². The largest absolute Gasteiger partial charge is 0.354 e. The SMILES string of the molecule is CCCNC(=O)[C@H](CC)N(Cc1ccc(Cl)cc1)C(=O)Cc1ccccc1[N+](=O)[O-]. The minimum atomic E-state index is -0.678. The van der Waals surface area contributed by atoms with Gasteiger partial charge in [-0.25, -0.2) is 0 Å². The summed E-state index contributed by atoms with van der Waals surface area (Å²) in [5.74, 6) is -0.582. The standard InChI is InChI=1S/C22H26ClN3O4/c1-3-13-24-22(28)19(4-2)25(15-16-9-11-18(23)12-10-16)21(27)14-17-7-5-6-8-20(17)26(29)30/h5-12,19H,3-4,13-15H2,1-2H3,(H,24,28)/t19-/m0/s1. The molecule has 0 radical (unpaired) electrons. The van der Waals surface area contributed by atoms with E-state index in [0.29, 0.717) is 23.6 Å². The van der Waals surface area contributed by atoms with Gasteiger partial charge >= 0.3 is 0 Å². The van der Waals surface area contributed by atoms with E-state index in [-0.39, 0.29) is 30.5 Å². The van der Waals surface area contributed by atoms with Gasteiger partial charge in [0, 0.05) is 29.7 Å². The topological polar surface area (TPSA) is 92.6 Å². The van der Waals surface area contributed by atoms with Gasteiger partial charge in [-0.05, 0) is 30.5 Å². The van der Waals surface area contributed by atoms with Gasteiger partial charge < -0.3 is 10.2 Å². The minimum Gasteiger partial charge on any atom is -0.354 e. The van der Waals surface area contributed by atoms with Gasteiger partial charge in [0.1, 0.15) is 6.04 Å². The van der Waals surface area contributed by atoms with E-state index in [2.05, 4.69) is 5.32 Å². The number of carbonyl (C=O) groups is 2. The molecule has 0 heterocycles. The lowest BCUT2D eigenvalue weighted by Crippen LogP contribution is -2.49. The van der Waals surface area contributed by atoms with Gasteiger partial charge in [0.15, 0.2) is 0 Å². The molecule has 0 fully saturated rings. The lowest BCUT2D eigenvalue weighted by atomic mass is 10.1. The Morgan fingerprint density at radius 1 is 1.13 bits per heavy atom. The predicted molar refractivity (Wildman–Crippen MR) is 116 cm³/mol. The van der Waals surface area contributed by atoms with Crippen molar-refractivity contribution in [2.75, 3.05) is 6.54 Å². The third kappa shape index (κ3) is 6.29. The Morgan fingerprint density at radius 2 is 1.80 bits per heavy atom. The molecule has 0 aromatic heterocycles. The number of nitro benzene ring substituents is 1. The highest BCUT2D eigenvalue weighted by molar-refractivity contribution is 6.30. The summed E-state index contributed by atoms with van der Waals surface area (Å²) >= 11 is 5.95. The molecule has 2 aromatic rings. The molecule has 0 aliphatic heterocycles. The van der Waals surface area contributed by atoms with Crippen molar-refractivity contribution in [3.05, 3.63) is 74.8 Å². The Kier molecular flexibility index (Phi) is 8.80. The Labute approximate surface area is 181 Å². The van der Waals surface area contributed by atoms with E-state index in [9.17, 15) is 19.7 Å². The molecule has 0 saturated heterocycles. The Hall–Kier alpha value is -2.93. The second kappa shape index (κ2) is 11.3. The fourth-order valence-electron chi connectivity index (χ4n) is 3.17. The van der Waals surface area contributed by atoms with E-state index in [1.807, 2.05) is 13.8 Å². The summed E-state index contributed by atoms with van der Waals surface area (Å²) in [7, 11) is 0. The summed E-state index contributed by atoms with van der Waals surface area (Å²) in [5, 5.41) is 14.7. The lowest BCUT2D eigenvalue weighted by molar-refractivity contribution is -0.385. The fourth-order valence-corrected chi connectivity index (χ4v) is 3.30. The number of nitro groups is 1. The minimum absolute atomic E-state index is 0.110. The van der Waals surface area contributed by atoms with Crippen LogP contribution in [-0.4, -0.2) is 34.2 Å². The van der Waals surface area contributed by atoms with Crippen molar-refractivity contribution in [3.8, 4) is 0 Å². The van der Waals surface area contributed by atoms with E-state index < -0.39 is 11.0 Å². The maximum atomic E-state index is 13.2. The van der Waals surface area contributed by atoms with Crippen LogP contribution in [0.1, 0.15) is 37.8 Å². The zero-order valence-corrected chi connectivity index (χ0v) is 17.9. The highest BCUT2D eigenvalue weighted by atomic mass is 35.5. The van der Waals surface area contributed by atoms with Crippen molar-refractivity contribution in [1.29, 1.82) is 0 Å². The fraction of sp³-hybridized carbons (Fsp3) is 0.364. The van der Waals surface area contributed by atoms with Gasteiger partial charge in [-0.1, -0.05) is 55.8 Å². The summed E-state index contributed by atoms with van der Waals surface area (Å²) in [5.41, 5.74) is 1.02. The van der Waals surface area contributed by atoms with E-state index in [1.54, 1.807) is 42.5 Å². The predicted octanol–water partition coefficient (Wildman–Crippen LogP) is 4.12. The van der Waals surface area contributed by atoms with Gasteiger partial charge in [0.25, 0.3) is 5.69 Å². The first-order chi connectivity index (χ1) is 14.4. The molecule has 0 unspecified atom stereocenters. The van der Waals surface area contributed by atoms with E-state index in [0.717, 1.165) is 12.0 Å². The van der Waals surface area contributed by atoms with Crippen molar-refractivity contribution in [2.24, 2.45) is 0 Å². The second-order valence-corrected chi connectivity index (χ2v) is 7.36. The smallest absolute Gasteiger partial charge is 0.273 e. The normalized spacial score (nSPS) is 11.6. The summed E-state index contributed by atoms with van der Waals surface area (Å²) < 4.78 is 0. The zero-order valence-electron chi connectivity index (χ0n) is 17.1. The first kappa shape index (κ1) is 23.3. The number of nitrogens with one attached hydrogen (secondary N) is 1. The highest BCUT2D eigenvalue weighted by Gasteiger charge is 2.29. The zero-order chi connectivity index (χ0) is 22.1. The average Bonchev–Trinajstić information content (AvgIpc) is 2.73. The Balaban J connectivity index is 2.33. The molecule has 1 N–H and O–H groups in total. The van der Waals surface area contributed by atoms with Crippen LogP contribution in [0.5, 0.6) is 0 Å². The summed E-state index contributed by atoms with van der Waals surface area (Å²) in [6.07, 6.45) is 1.04. The molecule has 0 spiro atoms. The summed E-state index contributed by atoms with van der Waals surface area (Å²) in [6.45, 7) is 4.51. The molecule has 7 nitrogen and oxygen atoms in total. The number of halogens is 1. The Morgan fingerprint density at radius 3 is 2.40 bits per heavy atom. The quantitative estimate of drug-likeness (QED) is 0.452. The maximum absolute atomic E-state index is 13.2. The van der Waals surface area contributed by atoms with E-state index >= 15 is 0 Å². The van der Waals surface area contributed by atoms with Gasteiger partial charge in [-0.3, -0.25) is 19.7 Å². The third-order valence-corrected chi connectivity index (χ3v) is 4.98. The Bertz CT molecular complexity index is 886. The molecule has 8 heteroatoms. The van der Waals surface area contributed by atoms with Crippen molar-refractivity contribution in [2.45, 2.75) is 45.7 Å². The van der Waals surface area contributed by atoms with E-state index in [4.69, 9.17) is 11.6 Å². The van der Waals surface area contributed by atoms with Crippen LogP contribution >= 0.6 is 11.6 Å². The molecule has 0 aliphatic rings. The molecule has 1 atom stereocenters. The molecule has 2 rings (SSSR count). The van der Waals surface area contributed by atoms with Crippen LogP contribution in [0.25, 0.3) is 0 Å². The number of hydrogen-bond donors (Lipinski definition) is 1. The lowest BCUT2D eigenvalue weighted by Gasteiger charge is -2.30. The number of rotatable bonds is 10.